The monoisotopic (exact) mass is 206 g/mol. The third-order valence-electron chi connectivity index (χ3n) is 2.67. The molecule has 0 aromatic heterocycles. The molecule has 0 saturated heterocycles. The Morgan fingerprint density at radius 2 is 2.07 bits per heavy atom. The molecule has 0 amide bonds. The zero-order valence-electron chi connectivity index (χ0n) is 9.83. The van der Waals surface area contributed by atoms with Crippen molar-refractivity contribution in [2.75, 3.05) is 7.11 Å². The highest BCUT2D eigenvalue weighted by Gasteiger charge is 2.24. The maximum absolute atomic E-state index is 11.0. The minimum absolute atomic E-state index is 0.490. The van der Waals surface area contributed by atoms with Gasteiger partial charge in [0.05, 0.1) is 7.11 Å². The summed E-state index contributed by atoms with van der Waals surface area (Å²) in [7, 11) is 1.65. The van der Waals surface area contributed by atoms with E-state index in [9.17, 15) is 4.79 Å². The van der Waals surface area contributed by atoms with Crippen molar-refractivity contribution >= 4 is 6.29 Å². The van der Waals surface area contributed by atoms with E-state index in [1.165, 1.54) is 0 Å². The molecule has 0 atom stereocenters. The van der Waals surface area contributed by atoms with Gasteiger partial charge in [-0.15, -0.1) is 0 Å². The standard InChI is InChI=1S/C13H18O2/c1-5-10-7-6-8-11(12(10)15-4)13(2,3)9-14/h6-9H,5H2,1-4H3. The second-order valence-corrected chi connectivity index (χ2v) is 4.19. The molecule has 2 nitrogen and oxygen atoms in total. The smallest absolute Gasteiger partial charge is 0.130 e. The Morgan fingerprint density at radius 3 is 2.53 bits per heavy atom. The first kappa shape index (κ1) is 11.8. The summed E-state index contributed by atoms with van der Waals surface area (Å²) >= 11 is 0. The lowest BCUT2D eigenvalue weighted by Gasteiger charge is -2.22. The number of methoxy groups -OCH3 is 1. The molecule has 0 aliphatic carbocycles. The molecule has 0 aliphatic rings. The lowest BCUT2D eigenvalue weighted by Crippen LogP contribution is -2.20. The molecule has 1 rings (SSSR count). The number of hydrogen-bond acceptors (Lipinski definition) is 2. The van der Waals surface area contributed by atoms with Gasteiger partial charge in [0.25, 0.3) is 0 Å². The third-order valence-corrected chi connectivity index (χ3v) is 2.67. The summed E-state index contributed by atoms with van der Waals surface area (Å²) in [6, 6.07) is 5.96. The second-order valence-electron chi connectivity index (χ2n) is 4.19. The number of aldehydes is 1. The Bertz CT molecular complexity index is 354. The molecular weight excluding hydrogens is 188 g/mol. The fraction of sp³-hybridized carbons (Fsp3) is 0.462. The fourth-order valence-electron chi connectivity index (χ4n) is 1.68. The van der Waals surface area contributed by atoms with Crippen molar-refractivity contribution in [3.8, 4) is 5.75 Å². The van der Waals surface area contributed by atoms with Gasteiger partial charge in [-0.3, -0.25) is 0 Å². The molecule has 1 aromatic carbocycles. The average molecular weight is 206 g/mol. The van der Waals surface area contributed by atoms with Crippen LogP contribution in [0, 0.1) is 0 Å². The first-order chi connectivity index (χ1) is 7.06. The van der Waals surface area contributed by atoms with Crippen LogP contribution < -0.4 is 4.74 Å². The molecular formula is C13H18O2. The normalized spacial score (nSPS) is 11.2. The highest BCUT2D eigenvalue weighted by Crippen LogP contribution is 2.33. The summed E-state index contributed by atoms with van der Waals surface area (Å²) in [5.41, 5.74) is 1.61. The van der Waals surface area contributed by atoms with Crippen molar-refractivity contribution in [3.05, 3.63) is 29.3 Å². The lowest BCUT2D eigenvalue weighted by molar-refractivity contribution is -0.111. The molecule has 0 spiro atoms. The number of para-hydroxylation sites is 1. The Morgan fingerprint density at radius 1 is 1.40 bits per heavy atom. The quantitative estimate of drug-likeness (QED) is 0.708. The summed E-state index contributed by atoms with van der Waals surface area (Å²) < 4.78 is 5.40. The topological polar surface area (TPSA) is 26.3 Å². The van der Waals surface area contributed by atoms with Gasteiger partial charge in [-0.25, -0.2) is 0 Å². The molecule has 15 heavy (non-hydrogen) atoms. The van der Waals surface area contributed by atoms with E-state index in [-0.39, 0.29) is 0 Å². The largest absolute Gasteiger partial charge is 0.496 e. The minimum Gasteiger partial charge on any atom is -0.496 e. The lowest BCUT2D eigenvalue weighted by atomic mass is 9.84. The molecule has 0 N–H and O–H groups in total. The van der Waals surface area contributed by atoms with E-state index in [1.807, 2.05) is 32.0 Å². The van der Waals surface area contributed by atoms with E-state index in [2.05, 4.69) is 6.92 Å². The molecule has 0 radical (unpaired) electrons. The van der Waals surface area contributed by atoms with Crippen LogP contribution >= 0.6 is 0 Å². The number of ether oxygens (including phenoxy) is 1. The average Bonchev–Trinajstić information content (AvgIpc) is 2.27. The number of hydrogen-bond donors (Lipinski definition) is 0. The maximum Gasteiger partial charge on any atom is 0.130 e. The van der Waals surface area contributed by atoms with Crippen molar-refractivity contribution < 1.29 is 9.53 Å². The van der Waals surface area contributed by atoms with Crippen molar-refractivity contribution in [3.63, 3.8) is 0 Å². The minimum atomic E-state index is -0.490. The van der Waals surface area contributed by atoms with Crippen LogP contribution in [0.4, 0.5) is 0 Å². The number of carbonyl (C=O) groups is 1. The predicted octanol–water partition coefficient (Wildman–Crippen LogP) is 2.73. The molecule has 0 aliphatic heterocycles. The predicted molar refractivity (Wildman–Crippen MR) is 61.5 cm³/mol. The van der Waals surface area contributed by atoms with Gasteiger partial charge in [0.15, 0.2) is 0 Å². The summed E-state index contributed by atoms with van der Waals surface area (Å²) in [4.78, 5) is 11.0. The molecule has 82 valence electrons. The van der Waals surface area contributed by atoms with E-state index in [4.69, 9.17) is 4.74 Å². The number of rotatable bonds is 4. The molecule has 0 unspecified atom stereocenters. The Labute approximate surface area is 91.3 Å². The Kier molecular flexibility index (Phi) is 3.51. The van der Waals surface area contributed by atoms with Crippen LogP contribution in [0.5, 0.6) is 5.75 Å². The van der Waals surface area contributed by atoms with E-state index >= 15 is 0 Å². The van der Waals surface area contributed by atoms with E-state index in [1.54, 1.807) is 7.11 Å². The van der Waals surface area contributed by atoms with Gasteiger partial charge < -0.3 is 9.53 Å². The van der Waals surface area contributed by atoms with Crippen molar-refractivity contribution in [2.45, 2.75) is 32.6 Å². The van der Waals surface area contributed by atoms with Crippen LogP contribution in [0.3, 0.4) is 0 Å². The van der Waals surface area contributed by atoms with Gasteiger partial charge in [0, 0.05) is 11.0 Å². The molecule has 0 bridgehead atoms. The molecule has 0 heterocycles. The highest BCUT2D eigenvalue weighted by atomic mass is 16.5. The van der Waals surface area contributed by atoms with Gasteiger partial charge >= 0.3 is 0 Å². The van der Waals surface area contributed by atoms with Gasteiger partial charge in [-0.2, -0.15) is 0 Å². The Balaban J connectivity index is 3.35. The van der Waals surface area contributed by atoms with Crippen LogP contribution in [0.1, 0.15) is 31.9 Å². The molecule has 1 aromatic rings. The van der Waals surface area contributed by atoms with E-state index < -0.39 is 5.41 Å². The van der Waals surface area contributed by atoms with Gasteiger partial charge in [0.2, 0.25) is 0 Å². The number of benzene rings is 1. The van der Waals surface area contributed by atoms with Gasteiger partial charge in [-0.1, -0.05) is 25.1 Å². The summed E-state index contributed by atoms with van der Waals surface area (Å²) in [5.74, 6) is 0.845. The number of carbonyl (C=O) groups excluding carboxylic acids is 1. The highest BCUT2D eigenvalue weighted by molar-refractivity contribution is 5.70. The van der Waals surface area contributed by atoms with Crippen LogP contribution in [0.2, 0.25) is 0 Å². The van der Waals surface area contributed by atoms with Crippen LogP contribution in [0.25, 0.3) is 0 Å². The summed E-state index contributed by atoms with van der Waals surface area (Å²) in [6.45, 7) is 5.88. The SMILES string of the molecule is CCc1cccc(C(C)(C)C=O)c1OC. The van der Waals surface area contributed by atoms with Crippen molar-refractivity contribution in [1.29, 1.82) is 0 Å². The van der Waals surface area contributed by atoms with Crippen LogP contribution in [-0.2, 0) is 16.6 Å². The first-order valence-corrected chi connectivity index (χ1v) is 5.19. The van der Waals surface area contributed by atoms with E-state index in [0.29, 0.717) is 0 Å². The molecule has 2 heteroatoms. The molecule has 0 fully saturated rings. The summed E-state index contributed by atoms with van der Waals surface area (Å²) in [5, 5.41) is 0. The maximum atomic E-state index is 11.0. The van der Waals surface area contributed by atoms with Crippen LogP contribution in [-0.4, -0.2) is 13.4 Å². The van der Waals surface area contributed by atoms with Crippen LogP contribution in [0.15, 0.2) is 18.2 Å². The summed E-state index contributed by atoms with van der Waals surface area (Å²) in [6.07, 6.45) is 1.87. The van der Waals surface area contributed by atoms with Gasteiger partial charge in [-0.05, 0) is 25.8 Å². The Hall–Kier alpha value is -1.31. The zero-order valence-corrected chi connectivity index (χ0v) is 9.83. The third kappa shape index (κ3) is 2.20. The zero-order chi connectivity index (χ0) is 11.5. The van der Waals surface area contributed by atoms with E-state index in [0.717, 1.165) is 29.6 Å². The van der Waals surface area contributed by atoms with Gasteiger partial charge in [0.1, 0.15) is 12.0 Å². The fourth-order valence-corrected chi connectivity index (χ4v) is 1.68. The van der Waals surface area contributed by atoms with Crippen molar-refractivity contribution in [1.82, 2.24) is 0 Å². The first-order valence-electron chi connectivity index (χ1n) is 5.19. The second kappa shape index (κ2) is 4.47. The molecule has 0 saturated carbocycles. The van der Waals surface area contributed by atoms with Crippen molar-refractivity contribution in [2.24, 2.45) is 0 Å². The number of aryl methyl sites for hydroxylation is 1.